The largest absolute Gasteiger partial charge is 0.497 e. The second-order valence-corrected chi connectivity index (χ2v) is 8.45. The summed E-state index contributed by atoms with van der Waals surface area (Å²) in [7, 11) is 1.60. The molecule has 0 aliphatic carbocycles. The Kier molecular flexibility index (Phi) is 9.99. The minimum atomic E-state index is -0.822. The van der Waals surface area contributed by atoms with Gasteiger partial charge in [0.2, 0.25) is 5.91 Å². The summed E-state index contributed by atoms with van der Waals surface area (Å²) in [5, 5.41) is 3.41. The maximum absolute atomic E-state index is 13.6. The maximum atomic E-state index is 13.6. The Labute approximate surface area is 211 Å². The van der Waals surface area contributed by atoms with Crippen molar-refractivity contribution in [3.05, 3.63) is 95.0 Å². The van der Waals surface area contributed by atoms with Crippen LogP contribution in [0, 0.1) is 0 Å². The summed E-state index contributed by atoms with van der Waals surface area (Å²) in [6, 6.07) is 22.9. The number of carbonyl (C=O) groups excluding carboxylic acids is 2. The first-order valence-corrected chi connectivity index (χ1v) is 12.0. The monoisotopic (exact) mass is 494 g/mol. The highest BCUT2D eigenvalue weighted by atomic mass is 35.5. The average Bonchev–Trinajstić information content (AvgIpc) is 2.89. The average molecular weight is 495 g/mol. The number of methoxy groups -OCH3 is 1. The van der Waals surface area contributed by atoms with Crippen LogP contribution < -0.4 is 14.8 Å². The molecule has 1 N–H and O–H groups in total. The van der Waals surface area contributed by atoms with Gasteiger partial charge < -0.3 is 19.7 Å². The van der Waals surface area contributed by atoms with Gasteiger partial charge in [0.1, 0.15) is 17.5 Å². The van der Waals surface area contributed by atoms with Crippen LogP contribution in [-0.2, 0) is 16.1 Å². The Morgan fingerprint density at radius 3 is 2.31 bits per heavy atom. The fraction of sp³-hybridized carbons (Fsp3) is 0.286. The molecule has 0 bridgehead atoms. The molecule has 0 heterocycles. The number of amides is 2. The van der Waals surface area contributed by atoms with Crippen molar-refractivity contribution in [3.63, 3.8) is 0 Å². The van der Waals surface area contributed by atoms with Crippen LogP contribution in [0.15, 0.2) is 78.9 Å². The van der Waals surface area contributed by atoms with E-state index in [4.69, 9.17) is 21.1 Å². The van der Waals surface area contributed by atoms with E-state index in [1.165, 1.54) is 0 Å². The number of unbranched alkanes of at least 4 members (excludes halogenated alkanes) is 1. The van der Waals surface area contributed by atoms with Gasteiger partial charge >= 0.3 is 0 Å². The van der Waals surface area contributed by atoms with Crippen molar-refractivity contribution in [2.24, 2.45) is 0 Å². The van der Waals surface area contributed by atoms with Gasteiger partial charge in [-0.15, -0.1) is 0 Å². The topological polar surface area (TPSA) is 67.9 Å². The van der Waals surface area contributed by atoms with Crippen LogP contribution in [0.4, 0.5) is 0 Å². The molecule has 7 heteroatoms. The van der Waals surface area contributed by atoms with Crippen LogP contribution in [0.25, 0.3) is 0 Å². The molecule has 3 rings (SSSR count). The van der Waals surface area contributed by atoms with Crippen molar-refractivity contribution in [2.75, 3.05) is 20.3 Å². The SMILES string of the molecule is CCCCNC(=O)[C@H](c1ccccc1)N(Cc1ccc(OC)cc1)C(=O)COc1ccccc1Cl. The van der Waals surface area contributed by atoms with Crippen molar-refractivity contribution in [3.8, 4) is 11.5 Å². The molecule has 0 radical (unpaired) electrons. The second-order valence-electron chi connectivity index (χ2n) is 8.05. The number of rotatable bonds is 12. The van der Waals surface area contributed by atoms with Crippen molar-refractivity contribution < 1.29 is 19.1 Å². The first kappa shape index (κ1) is 26.1. The Hall–Kier alpha value is -3.51. The predicted octanol–water partition coefficient (Wildman–Crippen LogP) is 5.41. The Balaban J connectivity index is 1.92. The predicted molar refractivity (Wildman–Crippen MR) is 138 cm³/mol. The van der Waals surface area contributed by atoms with Gasteiger partial charge in [0.15, 0.2) is 6.61 Å². The number of nitrogens with zero attached hydrogens (tertiary/aromatic N) is 1. The van der Waals surface area contributed by atoms with Crippen LogP contribution in [0.2, 0.25) is 5.02 Å². The van der Waals surface area contributed by atoms with Crippen LogP contribution in [0.5, 0.6) is 11.5 Å². The Bertz CT molecular complexity index is 1090. The summed E-state index contributed by atoms with van der Waals surface area (Å²) in [4.78, 5) is 28.5. The third-order valence-corrected chi connectivity index (χ3v) is 5.84. The number of carbonyl (C=O) groups is 2. The summed E-state index contributed by atoms with van der Waals surface area (Å²) < 4.78 is 11.0. The van der Waals surface area contributed by atoms with Crippen LogP contribution in [0.3, 0.4) is 0 Å². The molecule has 2 amide bonds. The molecular weight excluding hydrogens is 464 g/mol. The van der Waals surface area contributed by atoms with Crippen LogP contribution in [-0.4, -0.2) is 37.0 Å². The standard InChI is InChI=1S/C28H31ClN2O4/c1-3-4-18-30-28(33)27(22-10-6-5-7-11-22)31(19-21-14-16-23(34-2)17-15-21)26(32)20-35-25-13-9-8-12-24(25)29/h5-17,27H,3-4,18-20H2,1-2H3,(H,30,33)/t27-/m0/s1. The van der Waals surface area contributed by atoms with Crippen molar-refractivity contribution in [1.82, 2.24) is 10.2 Å². The molecular formula is C28H31ClN2O4. The van der Waals surface area contributed by atoms with Gasteiger partial charge in [-0.25, -0.2) is 0 Å². The second kappa shape index (κ2) is 13.4. The van der Waals surface area contributed by atoms with E-state index in [2.05, 4.69) is 12.2 Å². The summed E-state index contributed by atoms with van der Waals surface area (Å²) in [5.41, 5.74) is 1.58. The van der Waals surface area contributed by atoms with E-state index >= 15 is 0 Å². The highest BCUT2D eigenvalue weighted by Crippen LogP contribution is 2.26. The van der Waals surface area contributed by atoms with Crippen LogP contribution >= 0.6 is 11.6 Å². The Morgan fingerprint density at radius 1 is 0.971 bits per heavy atom. The number of hydrogen-bond donors (Lipinski definition) is 1. The first-order valence-electron chi connectivity index (χ1n) is 11.7. The number of benzene rings is 3. The molecule has 0 aliphatic rings. The van der Waals surface area contributed by atoms with E-state index in [1.54, 1.807) is 36.3 Å². The molecule has 35 heavy (non-hydrogen) atoms. The van der Waals surface area contributed by atoms with Gasteiger partial charge in [-0.05, 0) is 41.8 Å². The van der Waals surface area contributed by atoms with E-state index in [0.29, 0.717) is 23.1 Å². The normalized spacial score (nSPS) is 11.4. The zero-order valence-corrected chi connectivity index (χ0v) is 20.8. The summed E-state index contributed by atoms with van der Waals surface area (Å²) >= 11 is 6.20. The lowest BCUT2D eigenvalue weighted by atomic mass is 10.0. The molecule has 1 atom stereocenters. The quantitative estimate of drug-likeness (QED) is 0.342. The Morgan fingerprint density at radius 2 is 1.66 bits per heavy atom. The van der Waals surface area contributed by atoms with E-state index in [-0.39, 0.29) is 25.0 Å². The molecule has 3 aromatic rings. The lowest BCUT2D eigenvalue weighted by Crippen LogP contribution is -2.45. The highest BCUT2D eigenvalue weighted by molar-refractivity contribution is 6.32. The fourth-order valence-electron chi connectivity index (χ4n) is 3.63. The molecule has 0 aromatic heterocycles. The lowest BCUT2D eigenvalue weighted by Gasteiger charge is -2.31. The zero-order valence-electron chi connectivity index (χ0n) is 20.1. The van der Waals surface area contributed by atoms with Gasteiger partial charge in [0.05, 0.1) is 12.1 Å². The van der Waals surface area contributed by atoms with Gasteiger partial charge in [0.25, 0.3) is 5.91 Å². The third-order valence-electron chi connectivity index (χ3n) is 5.53. The van der Waals surface area contributed by atoms with Crippen molar-refractivity contribution >= 4 is 23.4 Å². The molecule has 184 valence electrons. The minimum Gasteiger partial charge on any atom is -0.497 e. The molecule has 0 fully saturated rings. The van der Waals surface area contributed by atoms with E-state index in [9.17, 15) is 9.59 Å². The number of nitrogens with one attached hydrogen (secondary N) is 1. The number of halogens is 1. The van der Waals surface area contributed by atoms with Crippen molar-refractivity contribution in [2.45, 2.75) is 32.4 Å². The number of hydrogen-bond acceptors (Lipinski definition) is 4. The number of ether oxygens (including phenoxy) is 2. The minimum absolute atomic E-state index is 0.218. The number of para-hydroxylation sites is 1. The molecule has 0 saturated heterocycles. The van der Waals surface area contributed by atoms with Crippen LogP contribution in [0.1, 0.15) is 36.9 Å². The summed E-state index contributed by atoms with van der Waals surface area (Å²) in [6.45, 7) is 2.56. The van der Waals surface area contributed by atoms with Gasteiger partial charge in [-0.3, -0.25) is 9.59 Å². The van der Waals surface area contributed by atoms with E-state index in [1.807, 2.05) is 54.6 Å². The van der Waals surface area contributed by atoms with E-state index < -0.39 is 6.04 Å². The molecule has 0 unspecified atom stereocenters. The molecule has 0 spiro atoms. The molecule has 0 aliphatic heterocycles. The fourth-order valence-corrected chi connectivity index (χ4v) is 3.82. The smallest absolute Gasteiger partial charge is 0.261 e. The zero-order chi connectivity index (χ0) is 25.0. The molecule has 0 saturated carbocycles. The van der Waals surface area contributed by atoms with Gasteiger partial charge in [0, 0.05) is 13.1 Å². The van der Waals surface area contributed by atoms with Gasteiger partial charge in [-0.1, -0.05) is 79.5 Å². The van der Waals surface area contributed by atoms with E-state index in [0.717, 1.165) is 24.0 Å². The maximum Gasteiger partial charge on any atom is 0.261 e. The lowest BCUT2D eigenvalue weighted by molar-refractivity contribution is -0.143. The summed E-state index contributed by atoms with van der Waals surface area (Å²) in [6.07, 6.45) is 1.81. The third kappa shape index (κ3) is 7.49. The van der Waals surface area contributed by atoms with Gasteiger partial charge in [-0.2, -0.15) is 0 Å². The highest BCUT2D eigenvalue weighted by Gasteiger charge is 2.31. The summed E-state index contributed by atoms with van der Waals surface area (Å²) in [5.74, 6) is 0.561. The van der Waals surface area contributed by atoms with Crippen molar-refractivity contribution in [1.29, 1.82) is 0 Å². The molecule has 6 nitrogen and oxygen atoms in total. The molecule has 3 aromatic carbocycles. The first-order chi connectivity index (χ1) is 17.0.